The molecule has 8 heteroatoms. The van der Waals surface area contributed by atoms with E-state index in [0.717, 1.165) is 12.1 Å². The highest BCUT2D eigenvalue weighted by Crippen LogP contribution is 2.29. The Balaban J connectivity index is 2.35. The Labute approximate surface area is 133 Å². The second-order valence-electron chi connectivity index (χ2n) is 4.35. The minimum absolute atomic E-state index is 0.138. The van der Waals surface area contributed by atoms with Crippen molar-refractivity contribution in [3.05, 3.63) is 47.3 Å². The van der Waals surface area contributed by atoms with Crippen LogP contribution in [0.4, 0.5) is 13.2 Å². The van der Waals surface area contributed by atoms with E-state index in [4.69, 9.17) is 4.74 Å². The first kappa shape index (κ1) is 16.5. The van der Waals surface area contributed by atoms with Gasteiger partial charge in [0.05, 0.1) is 17.9 Å². The van der Waals surface area contributed by atoms with Gasteiger partial charge in [0.1, 0.15) is 0 Å². The van der Waals surface area contributed by atoms with E-state index < -0.39 is 17.7 Å². The average Bonchev–Trinajstić information content (AvgIpc) is 2.91. The summed E-state index contributed by atoms with van der Waals surface area (Å²) in [7, 11) is 0. The summed E-state index contributed by atoms with van der Waals surface area (Å²) in [6.07, 6.45) is -2.82. The summed E-state index contributed by atoms with van der Waals surface area (Å²) < 4.78 is 43.9. The summed E-state index contributed by atoms with van der Waals surface area (Å²) in [5.74, 6) is -0.567. The summed E-state index contributed by atoms with van der Waals surface area (Å²) in [5.41, 5.74) is 0.414. The topological polar surface area (TPSA) is 44.1 Å². The van der Waals surface area contributed by atoms with Crippen molar-refractivity contribution in [2.24, 2.45) is 0 Å². The number of hydrogen-bond acceptors (Lipinski definition) is 3. The van der Waals surface area contributed by atoms with Crippen LogP contribution in [0.5, 0.6) is 0 Å². The van der Waals surface area contributed by atoms with Gasteiger partial charge in [-0.05, 0) is 31.2 Å². The summed E-state index contributed by atoms with van der Waals surface area (Å²) in [6.45, 7) is 1.90. The molecule has 1 heterocycles. The van der Waals surface area contributed by atoms with Crippen LogP contribution in [-0.4, -0.2) is 22.4 Å². The quantitative estimate of drug-likeness (QED) is 0.599. The van der Waals surface area contributed by atoms with Crippen molar-refractivity contribution >= 4 is 21.9 Å². The maximum atomic E-state index is 12.5. The highest BCUT2D eigenvalue weighted by molar-refractivity contribution is 9.08. The molecule has 1 aromatic heterocycles. The van der Waals surface area contributed by atoms with Gasteiger partial charge in [0, 0.05) is 17.1 Å². The number of alkyl halides is 4. The molecule has 0 saturated carbocycles. The lowest BCUT2D eigenvalue weighted by atomic mass is 10.2. The standard InChI is InChI=1S/C14H12BrF3N2O2/c1-2-22-13(21)12-9(7-15)8-20(19-12)11-5-3-10(4-6-11)14(16,17)18/h3-6,8H,2,7H2,1H3. The van der Waals surface area contributed by atoms with Crippen LogP contribution in [0, 0.1) is 0 Å². The van der Waals surface area contributed by atoms with E-state index in [-0.39, 0.29) is 12.3 Å². The van der Waals surface area contributed by atoms with Gasteiger partial charge >= 0.3 is 12.1 Å². The smallest absolute Gasteiger partial charge is 0.416 e. The molecular formula is C14H12BrF3N2O2. The number of nitrogens with zero attached hydrogens (tertiary/aromatic N) is 2. The number of ether oxygens (including phenoxy) is 1. The monoisotopic (exact) mass is 376 g/mol. The van der Waals surface area contributed by atoms with Gasteiger partial charge < -0.3 is 4.74 Å². The second kappa shape index (κ2) is 6.51. The van der Waals surface area contributed by atoms with Gasteiger partial charge in [-0.25, -0.2) is 9.48 Å². The molecule has 0 saturated heterocycles. The van der Waals surface area contributed by atoms with E-state index in [1.165, 1.54) is 16.8 Å². The molecule has 22 heavy (non-hydrogen) atoms. The second-order valence-corrected chi connectivity index (χ2v) is 4.91. The van der Waals surface area contributed by atoms with Crippen molar-refractivity contribution in [1.82, 2.24) is 9.78 Å². The largest absolute Gasteiger partial charge is 0.461 e. The Morgan fingerprint density at radius 3 is 2.45 bits per heavy atom. The van der Waals surface area contributed by atoms with E-state index in [2.05, 4.69) is 21.0 Å². The van der Waals surface area contributed by atoms with Crippen LogP contribution in [0.2, 0.25) is 0 Å². The molecule has 0 fully saturated rings. The zero-order valence-corrected chi connectivity index (χ0v) is 13.1. The van der Waals surface area contributed by atoms with Crippen LogP contribution in [0.3, 0.4) is 0 Å². The van der Waals surface area contributed by atoms with Gasteiger partial charge in [-0.15, -0.1) is 0 Å². The molecule has 0 unspecified atom stereocenters. The van der Waals surface area contributed by atoms with E-state index in [0.29, 0.717) is 16.6 Å². The first-order valence-corrected chi connectivity index (χ1v) is 7.48. The van der Waals surface area contributed by atoms with Crippen LogP contribution in [-0.2, 0) is 16.2 Å². The number of hydrogen-bond donors (Lipinski definition) is 0. The SMILES string of the molecule is CCOC(=O)c1nn(-c2ccc(C(F)(F)F)cc2)cc1CBr. The molecule has 0 spiro atoms. The number of benzene rings is 1. The van der Waals surface area contributed by atoms with Crippen LogP contribution < -0.4 is 0 Å². The highest BCUT2D eigenvalue weighted by atomic mass is 79.9. The van der Waals surface area contributed by atoms with E-state index >= 15 is 0 Å². The summed E-state index contributed by atoms with van der Waals surface area (Å²) >= 11 is 3.24. The van der Waals surface area contributed by atoms with Gasteiger partial charge in [0.2, 0.25) is 0 Å². The Hall–Kier alpha value is -1.83. The summed E-state index contributed by atoms with van der Waals surface area (Å²) in [6, 6.07) is 4.52. The molecule has 0 N–H and O–H groups in total. The third-order valence-corrected chi connectivity index (χ3v) is 3.47. The van der Waals surface area contributed by atoms with Gasteiger partial charge in [0.15, 0.2) is 5.69 Å². The van der Waals surface area contributed by atoms with Crippen molar-refractivity contribution < 1.29 is 22.7 Å². The van der Waals surface area contributed by atoms with Crippen LogP contribution in [0.25, 0.3) is 5.69 Å². The first-order valence-electron chi connectivity index (χ1n) is 6.36. The minimum atomic E-state index is -4.39. The van der Waals surface area contributed by atoms with E-state index in [9.17, 15) is 18.0 Å². The molecule has 1 aromatic carbocycles. The van der Waals surface area contributed by atoms with Crippen molar-refractivity contribution in [1.29, 1.82) is 0 Å². The Morgan fingerprint density at radius 2 is 1.95 bits per heavy atom. The molecule has 0 bridgehead atoms. The molecule has 0 amide bonds. The Kier molecular flexibility index (Phi) is 4.90. The van der Waals surface area contributed by atoms with Gasteiger partial charge in [-0.3, -0.25) is 0 Å². The van der Waals surface area contributed by atoms with E-state index in [1.54, 1.807) is 13.1 Å². The van der Waals surface area contributed by atoms with Crippen LogP contribution >= 0.6 is 15.9 Å². The molecule has 118 valence electrons. The summed E-state index contributed by atoms with van der Waals surface area (Å²) in [5, 5.41) is 4.47. The number of aromatic nitrogens is 2. The third-order valence-electron chi connectivity index (χ3n) is 2.86. The normalized spacial score (nSPS) is 11.5. The predicted molar refractivity (Wildman–Crippen MR) is 77.2 cm³/mol. The fourth-order valence-electron chi connectivity index (χ4n) is 1.81. The lowest BCUT2D eigenvalue weighted by Crippen LogP contribution is -2.08. The van der Waals surface area contributed by atoms with Gasteiger partial charge in [-0.2, -0.15) is 18.3 Å². The summed E-state index contributed by atoms with van der Waals surface area (Å²) in [4.78, 5) is 11.8. The molecule has 4 nitrogen and oxygen atoms in total. The maximum absolute atomic E-state index is 12.5. The third kappa shape index (κ3) is 3.49. The van der Waals surface area contributed by atoms with E-state index in [1.807, 2.05) is 0 Å². The average molecular weight is 377 g/mol. The molecular weight excluding hydrogens is 365 g/mol. The molecule has 2 rings (SSSR count). The Bertz CT molecular complexity index is 666. The molecule has 0 aliphatic rings. The fraction of sp³-hybridized carbons (Fsp3) is 0.286. The predicted octanol–water partition coefficient (Wildman–Crippen LogP) is 3.96. The van der Waals surface area contributed by atoms with Crippen molar-refractivity contribution in [3.63, 3.8) is 0 Å². The lowest BCUT2D eigenvalue weighted by Gasteiger charge is -2.07. The molecule has 0 aliphatic heterocycles. The lowest BCUT2D eigenvalue weighted by molar-refractivity contribution is -0.137. The molecule has 2 aromatic rings. The zero-order valence-electron chi connectivity index (χ0n) is 11.5. The Morgan fingerprint density at radius 1 is 1.32 bits per heavy atom. The molecule has 0 aliphatic carbocycles. The van der Waals surface area contributed by atoms with Gasteiger partial charge in [-0.1, -0.05) is 15.9 Å². The molecule has 0 atom stereocenters. The van der Waals surface area contributed by atoms with Crippen molar-refractivity contribution in [2.75, 3.05) is 6.61 Å². The van der Waals surface area contributed by atoms with Gasteiger partial charge in [0.25, 0.3) is 0 Å². The highest BCUT2D eigenvalue weighted by Gasteiger charge is 2.30. The minimum Gasteiger partial charge on any atom is -0.461 e. The number of carbonyl (C=O) groups excluding carboxylic acids is 1. The fourth-order valence-corrected chi connectivity index (χ4v) is 2.22. The number of halogens is 4. The molecule has 0 radical (unpaired) electrons. The van der Waals surface area contributed by atoms with Crippen molar-refractivity contribution in [3.8, 4) is 5.69 Å². The zero-order chi connectivity index (χ0) is 16.3. The maximum Gasteiger partial charge on any atom is 0.416 e. The van der Waals surface area contributed by atoms with Crippen LogP contribution in [0.1, 0.15) is 28.5 Å². The number of carbonyl (C=O) groups is 1. The number of rotatable bonds is 4. The first-order chi connectivity index (χ1) is 10.4. The van der Waals surface area contributed by atoms with Crippen molar-refractivity contribution in [2.45, 2.75) is 18.4 Å². The van der Waals surface area contributed by atoms with Crippen LogP contribution in [0.15, 0.2) is 30.5 Å². The number of esters is 1.